The highest BCUT2D eigenvalue weighted by molar-refractivity contribution is 6.31. The molecular formula is C15H17ClN2O. The second kappa shape index (κ2) is 5.35. The van der Waals surface area contributed by atoms with Gasteiger partial charge in [-0.2, -0.15) is 0 Å². The highest BCUT2D eigenvalue weighted by atomic mass is 35.5. The fourth-order valence-corrected chi connectivity index (χ4v) is 2.91. The third kappa shape index (κ3) is 2.53. The van der Waals surface area contributed by atoms with E-state index in [-0.39, 0.29) is 0 Å². The van der Waals surface area contributed by atoms with Crippen molar-refractivity contribution < 1.29 is 5.11 Å². The minimum absolute atomic E-state index is 0.302. The van der Waals surface area contributed by atoms with E-state index in [0.717, 1.165) is 41.9 Å². The van der Waals surface area contributed by atoms with Gasteiger partial charge in [0.05, 0.1) is 5.52 Å². The average molecular weight is 277 g/mol. The molecule has 0 unspecified atom stereocenters. The second-order valence-electron chi connectivity index (χ2n) is 5.10. The van der Waals surface area contributed by atoms with Gasteiger partial charge in [0.25, 0.3) is 0 Å². The monoisotopic (exact) mass is 276 g/mol. The molecule has 0 spiro atoms. The molecule has 3 rings (SSSR count). The van der Waals surface area contributed by atoms with Crippen LogP contribution >= 0.6 is 11.6 Å². The number of aliphatic hydroxyl groups excluding tert-OH is 1. The molecular weight excluding hydrogens is 260 g/mol. The van der Waals surface area contributed by atoms with Gasteiger partial charge in [0.1, 0.15) is 0 Å². The summed E-state index contributed by atoms with van der Waals surface area (Å²) in [5.74, 6) is 0.452. The number of hydrogen-bond acceptors (Lipinski definition) is 3. The molecule has 1 saturated heterocycles. The molecule has 1 N–H and O–H groups in total. The summed E-state index contributed by atoms with van der Waals surface area (Å²) in [6.07, 6.45) is 3.94. The number of rotatable bonds is 2. The van der Waals surface area contributed by atoms with Crippen molar-refractivity contribution >= 4 is 28.2 Å². The number of fused-ring (bicyclic) bond motifs is 1. The standard InChI is InChI=1S/C15H17ClN2O/c16-12-1-2-14-13(9-12)15(3-6-17-14)18-7-4-11(10-19)5-8-18/h1-3,6,9,11,19H,4-5,7-8,10H2. The van der Waals surface area contributed by atoms with Crippen molar-refractivity contribution in [3.63, 3.8) is 0 Å². The molecule has 0 bridgehead atoms. The van der Waals surface area contributed by atoms with E-state index in [1.54, 1.807) is 0 Å². The minimum Gasteiger partial charge on any atom is -0.396 e. The summed E-state index contributed by atoms with van der Waals surface area (Å²) in [6.45, 7) is 2.27. The van der Waals surface area contributed by atoms with Crippen LogP contribution in [-0.2, 0) is 0 Å². The Kier molecular flexibility index (Phi) is 3.58. The van der Waals surface area contributed by atoms with Gasteiger partial charge in [-0.1, -0.05) is 11.6 Å². The lowest BCUT2D eigenvalue weighted by atomic mass is 9.97. The first-order valence-corrected chi connectivity index (χ1v) is 7.06. The number of anilines is 1. The Bertz CT molecular complexity index is 579. The number of piperidine rings is 1. The summed E-state index contributed by atoms with van der Waals surface area (Å²) in [7, 11) is 0. The molecule has 2 heterocycles. The normalized spacial score (nSPS) is 17.1. The van der Waals surface area contributed by atoms with Gasteiger partial charge in [-0.15, -0.1) is 0 Å². The van der Waals surface area contributed by atoms with Crippen LogP contribution in [0.3, 0.4) is 0 Å². The van der Waals surface area contributed by atoms with E-state index < -0.39 is 0 Å². The predicted octanol–water partition coefficient (Wildman–Crippen LogP) is 3.10. The van der Waals surface area contributed by atoms with Crippen LogP contribution < -0.4 is 4.90 Å². The average Bonchev–Trinajstić information content (AvgIpc) is 2.47. The zero-order valence-corrected chi connectivity index (χ0v) is 11.5. The first-order valence-electron chi connectivity index (χ1n) is 6.68. The maximum absolute atomic E-state index is 9.21. The number of benzene rings is 1. The molecule has 19 heavy (non-hydrogen) atoms. The van der Waals surface area contributed by atoms with Crippen LogP contribution in [0, 0.1) is 5.92 Å². The summed E-state index contributed by atoms with van der Waals surface area (Å²) >= 11 is 6.10. The highest BCUT2D eigenvalue weighted by Gasteiger charge is 2.20. The third-order valence-corrected chi connectivity index (χ3v) is 4.13. The van der Waals surface area contributed by atoms with Gasteiger partial charge in [0.15, 0.2) is 0 Å². The van der Waals surface area contributed by atoms with Gasteiger partial charge in [0, 0.05) is 42.0 Å². The zero-order valence-electron chi connectivity index (χ0n) is 10.7. The number of aromatic nitrogens is 1. The molecule has 1 aromatic carbocycles. The molecule has 100 valence electrons. The van der Waals surface area contributed by atoms with Crippen LogP contribution in [0.15, 0.2) is 30.5 Å². The van der Waals surface area contributed by atoms with Gasteiger partial charge in [-0.05, 0) is 43.0 Å². The summed E-state index contributed by atoms with van der Waals surface area (Å²) in [5, 5.41) is 11.1. The second-order valence-corrected chi connectivity index (χ2v) is 5.54. The summed E-state index contributed by atoms with van der Waals surface area (Å²) in [4.78, 5) is 6.75. The zero-order chi connectivity index (χ0) is 13.2. The molecule has 1 fully saturated rings. The Labute approximate surface area is 117 Å². The lowest BCUT2D eigenvalue weighted by Crippen LogP contribution is -2.34. The van der Waals surface area contributed by atoms with E-state index in [1.807, 2.05) is 24.4 Å². The van der Waals surface area contributed by atoms with E-state index in [0.29, 0.717) is 12.5 Å². The molecule has 3 nitrogen and oxygen atoms in total. The van der Waals surface area contributed by atoms with Gasteiger partial charge >= 0.3 is 0 Å². The Morgan fingerprint density at radius 3 is 2.79 bits per heavy atom. The van der Waals surface area contributed by atoms with Crippen molar-refractivity contribution in [2.75, 3.05) is 24.6 Å². The molecule has 0 aliphatic carbocycles. The summed E-state index contributed by atoms with van der Waals surface area (Å²) in [6, 6.07) is 7.87. The Hall–Kier alpha value is -1.32. The van der Waals surface area contributed by atoms with Crippen LogP contribution in [0.5, 0.6) is 0 Å². The third-order valence-electron chi connectivity index (χ3n) is 3.89. The molecule has 0 saturated carbocycles. The van der Waals surface area contributed by atoms with Crippen molar-refractivity contribution in [3.8, 4) is 0 Å². The maximum Gasteiger partial charge on any atom is 0.0723 e. The number of aliphatic hydroxyl groups is 1. The molecule has 2 aromatic rings. The quantitative estimate of drug-likeness (QED) is 0.916. The lowest BCUT2D eigenvalue weighted by Gasteiger charge is -2.33. The van der Waals surface area contributed by atoms with E-state index in [4.69, 9.17) is 11.6 Å². The number of hydrogen-bond donors (Lipinski definition) is 1. The number of halogens is 1. The van der Waals surface area contributed by atoms with Crippen LogP contribution in [0.4, 0.5) is 5.69 Å². The Morgan fingerprint density at radius 2 is 2.05 bits per heavy atom. The molecule has 1 aliphatic rings. The topological polar surface area (TPSA) is 36.4 Å². The first kappa shape index (κ1) is 12.7. The van der Waals surface area contributed by atoms with E-state index in [2.05, 4.69) is 16.0 Å². The Morgan fingerprint density at radius 1 is 1.26 bits per heavy atom. The fraction of sp³-hybridized carbons (Fsp3) is 0.400. The van der Waals surface area contributed by atoms with Crippen LogP contribution in [0.2, 0.25) is 5.02 Å². The molecule has 1 aliphatic heterocycles. The fourth-order valence-electron chi connectivity index (χ4n) is 2.74. The molecule has 0 atom stereocenters. The minimum atomic E-state index is 0.302. The lowest BCUT2D eigenvalue weighted by molar-refractivity contribution is 0.203. The predicted molar refractivity (Wildman–Crippen MR) is 78.8 cm³/mol. The van der Waals surface area contributed by atoms with Crippen LogP contribution in [0.1, 0.15) is 12.8 Å². The van der Waals surface area contributed by atoms with Crippen molar-refractivity contribution in [3.05, 3.63) is 35.5 Å². The molecule has 1 aromatic heterocycles. The molecule has 4 heteroatoms. The maximum atomic E-state index is 9.21. The van der Waals surface area contributed by atoms with Crippen molar-refractivity contribution in [2.24, 2.45) is 5.92 Å². The van der Waals surface area contributed by atoms with E-state index >= 15 is 0 Å². The largest absolute Gasteiger partial charge is 0.396 e. The van der Waals surface area contributed by atoms with Gasteiger partial charge in [-0.3, -0.25) is 4.98 Å². The number of pyridine rings is 1. The summed E-state index contributed by atoms with van der Waals surface area (Å²) in [5.41, 5.74) is 2.18. The van der Waals surface area contributed by atoms with Crippen LogP contribution in [-0.4, -0.2) is 29.8 Å². The van der Waals surface area contributed by atoms with E-state index in [9.17, 15) is 5.11 Å². The molecule has 0 amide bonds. The van der Waals surface area contributed by atoms with Crippen molar-refractivity contribution in [1.29, 1.82) is 0 Å². The van der Waals surface area contributed by atoms with Crippen molar-refractivity contribution in [2.45, 2.75) is 12.8 Å². The van der Waals surface area contributed by atoms with E-state index in [1.165, 1.54) is 5.69 Å². The van der Waals surface area contributed by atoms with Gasteiger partial charge in [0.2, 0.25) is 0 Å². The van der Waals surface area contributed by atoms with Crippen LogP contribution in [0.25, 0.3) is 10.9 Å². The summed E-state index contributed by atoms with van der Waals surface area (Å²) < 4.78 is 0. The van der Waals surface area contributed by atoms with Gasteiger partial charge in [-0.25, -0.2) is 0 Å². The van der Waals surface area contributed by atoms with Crippen molar-refractivity contribution in [1.82, 2.24) is 4.98 Å². The Balaban J connectivity index is 1.94. The first-order chi connectivity index (χ1) is 9.28. The van der Waals surface area contributed by atoms with Gasteiger partial charge < -0.3 is 10.0 Å². The smallest absolute Gasteiger partial charge is 0.0723 e. The SMILES string of the molecule is OCC1CCN(c2ccnc3ccc(Cl)cc23)CC1. The highest BCUT2D eigenvalue weighted by Crippen LogP contribution is 2.30. The molecule has 0 radical (unpaired) electrons. The number of nitrogens with zero attached hydrogens (tertiary/aromatic N) is 2.